The first-order valence-corrected chi connectivity index (χ1v) is 54.7. The topological polar surface area (TPSA) is 430 Å². The Kier molecular flexibility index (Phi) is 155. The molecule has 41 heteroatoms. The molecule has 3 aliphatic rings. The lowest BCUT2D eigenvalue weighted by atomic mass is 10.1. The summed E-state index contributed by atoms with van der Waals surface area (Å²) >= 11 is 0. The average Bonchev–Trinajstić information content (AvgIpc) is 0.973. The monoisotopic (exact) mass is 2100 g/mol. The maximum Gasteiger partial charge on any atom is 0.0701 e. The Morgan fingerprint density at radius 3 is 0.611 bits per heavy atom. The molecule has 3 heterocycles. The maximum atomic E-state index is 8.53. The Balaban J connectivity index is -0.000000374. The molecular formula is C103H226N8O33. The van der Waals surface area contributed by atoms with Gasteiger partial charge >= 0.3 is 0 Å². The van der Waals surface area contributed by atoms with Gasteiger partial charge in [-0.1, -0.05) is 92.9 Å². The van der Waals surface area contributed by atoms with Crippen LogP contribution >= 0.6 is 0 Å². The lowest BCUT2D eigenvalue weighted by Gasteiger charge is -2.26. The molecule has 876 valence electrons. The quantitative estimate of drug-likeness (QED) is 0.0386. The van der Waals surface area contributed by atoms with Crippen molar-refractivity contribution in [1.29, 1.82) is 0 Å². The molecule has 0 aliphatic carbocycles. The minimum absolute atomic E-state index is 0.0564. The number of ether oxygens (including phenoxy) is 24. The number of aliphatic hydroxyl groups is 9. The highest BCUT2D eigenvalue weighted by atomic mass is 16.6. The SMILES string of the molecule is CCCCCCN(C)CCOCCOCCOCCO.CCCCN(CCCC)CCOCCOCCO.CCCCN(CCCC)CCOCCOCCOCCO.CCCOCCOCCOCCOCCO.CN(C)CCOCCOCCO.CN(C)CCOCCOCCOCCO.OCCOCCN1CCOCC1.OCCOCCOCCN1CCCCC1.OCCOCCOCCN1CCOCC1. The van der Waals surface area contributed by atoms with Gasteiger partial charge in [-0.25, -0.2) is 0 Å². The van der Waals surface area contributed by atoms with Crippen molar-refractivity contribution in [3.05, 3.63) is 0 Å². The Morgan fingerprint density at radius 2 is 0.382 bits per heavy atom. The van der Waals surface area contributed by atoms with Gasteiger partial charge in [0.05, 0.1) is 370 Å². The first kappa shape index (κ1) is 153. The fraction of sp³-hybridized carbons (Fsp3) is 1.00. The number of likely N-dealkylation sites (tertiary alicyclic amines) is 1. The highest BCUT2D eigenvalue weighted by Crippen LogP contribution is 2.09. The molecule has 0 saturated carbocycles. The van der Waals surface area contributed by atoms with E-state index in [9.17, 15) is 0 Å². The second-order valence-electron chi connectivity index (χ2n) is 33.9. The number of hydrogen-bond acceptors (Lipinski definition) is 41. The lowest BCUT2D eigenvalue weighted by Crippen LogP contribution is -2.38. The van der Waals surface area contributed by atoms with Crippen molar-refractivity contribution in [2.75, 3.05) is 536 Å². The molecule has 0 aromatic carbocycles. The van der Waals surface area contributed by atoms with Gasteiger partial charge in [0.2, 0.25) is 0 Å². The number of unbranched alkanes of at least 4 members (excludes halogenated alkanes) is 7. The van der Waals surface area contributed by atoms with E-state index in [1.165, 1.54) is 136 Å². The van der Waals surface area contributed by atoms with E-state index in [2.05, 4.69) is 87.8 Å². The summed E-state index contributed by atoms with van der Waals surface area (Å²) in [6, 6.07) is 0. The third-order valence-corrected chi connectivity index (χ3v) is 20.4. The number of likely N-dealkylation sites (N-methyl/N-ethyl adjacent to an activating group) is 3. The molecule has 3 aliphatic heterocycles. The number of rotatable bonds is 100. The molecule has 0 radical (unpaired) electrons. The molecule has 3 saturated heterocycles. The van der Waals surface area contributed by atoms with E-state index in [0.29, 0.717) is 238 Å². The van der Waals surface area contributed by atoms with Gasteiger partial charge in [-0.3, -0.25) is 9.80 Å². The molecule has 41 nitrogen and oxygen atoms in total. The van der Waals surface area contributed by atoms with Gasteiger partial charge in [-0.2, -0.15) is 0 Å². The van der Waals surface area contributed by atoms with Gasteiger partial charge in [-0.15, -0.1) is 0 Å². The average molecular weight is 2100 g/mol. The normalized spacial score (nSPS) is 13.4. The van der Waals surface area contributed by atoms with Crippen molar-refractivity contribution in [3.8, 4) is 0 Å². The van der Waals surface area contributed by atoms with Crippen LogP contribution in [0.1, 0.15) is 144 Å². The van der Waals surface area contributed by atoms with E-state index in [1.54, 1.807) is 0 Å². The summed E-state index contributed by atoms with van der Waals surface area (Å²) in [5, 5.41) is 76.2. The smallest absolute Gasteiger partial charge is 0.0701 e. The predicted molar refractivity (Wildman–Crippen MR) is 568 cm³/mol. The van der Waals surface area contributed by atoms with Gasteiger partial charge in [0.25, 0.3) is 0 Å². The lowest BCUT2D eigenvalue weighted by molar-refractivity contribution is -0.00541. The number of piperidine rings is 1. The second-order valence-corrected chi connectivity index (χ2v) is 33.9. The van der Waals surface area contributed by atoms with Crippen molar-refractivity contribution in [1.82, 2.24) is 39.2 Å². The molecule has 0 aromatic rings. The summed E-state index contributed by atoms with van der Waals surface area (Å²) in [5.41, 5.74) is 0. The Morgan fingerprint density at radius 1 is 0.181 bits per heavy atom. The van der Waals surface area contributed by atoms with Gasteiger partial charge in [0, 0.05) is 85.1 Å². The molecular weight excluding hydrogens is 1880 g/mol. The second kappa shape index (κ2) is 145. The molecule has 0 atom stereocenters. The molecule has 0 bridgehead atoms. The third-order valence-electron chi connectivity index (χ3n) is 20.4. The first-order valence-electron chi connectivity index (χ1n) is 54.7. The molecule has 3 fully saturated rings. The number of nitrogens with zero attached hydrogens (tertiary/aromatic N) is 8. The van der Waals surface area contributed by atoms with Crippen LogP contribution in [-0.4, -0.2) is 621 Å². The summed E-state index contributed by atoms with van der Waals surface area (Å²) in [5.74, 6) is 0. The number of morpholine rings is 2. The zero-order chi connectivity index (χ0) is 107. The molecule has 3 rings (SSSR count). The van der Waals surface area contributed by atoms with E-state index >= 15 is 0 Å². The summed E-state index contributed by atoms with van der Waals surface area (Å²) in [7, 11) is 10.2. The zero-order valence-electron chi connectivity index (χ0n) is 93.5. The zero-order valence-corrected chi connectivity index (χ0v) is 93.5. The van der Waals surface area contributed by atoms with E-state index in [4.69, 9.17) is 160 Å². The van der Waals surface area contributed by atoms with Gasteiger partial charge < -0.3 is 189 Å². The molecule has 0 amide bonds. The fourth-order valence-corrected chi connectivity index (χ4v) is 12.1. The van der Waals surface area contributed by atoms with Crippen LogP contribution in [0.15, 0.2) is 0 Å². The van der Waals surface area contributed by atoms with E-state index < -0.39 is 0 Å². The summed E-state index contributed by atoms with van der Waals surface area (Å²) < 4.78 is 126. The van der Waals surface area contributed by atoms with Crippen LogP contribution in [0.25, 0.3) is 0 Å². The Bertz CT molecular complexity index is 2070. The summed E-state index contributed by atoms with van der Waals surface area (Å²) in [4.78, 5) is 18.5. The van der Waals surface area contributed by atoms with Crippen LogP contribution < -0.4 is 0 Å². The minimum Gasteiger partial charge on any atom is -0.394 e. The molecule has 0 spiro atoms. The van der Waals surface area contributed by atoms with Crippen LogP contribution in [-0.2, 0) is 114 Å². The maximum absolute atomic E-state index is 8.53. The molecule has 144 heavy (non-hydrogen) atoms. The van der Waals surface area contributed by atoms with Gasteiger partial charge in [0.1, 0.15) is 0 Å². The largest absolute Gasteiger partial charge is 0.394 e. The van der Waals surface area contributed by atoms with Crippen molar-refractivity contribution in [3.63, 3.8) is 0 Å². The number of aliphatic hydroxyl groups excluding tert-OH is 9. The highest BCUT2D eigenvalue weighted by Gasteiger charge is 2.14. The van der Waals surface area contributed by atoms with Crippen LogP contribution in [0.5, 0.6) is 0 Å². The molecule has 0 aromatic heterocycles. The molecule has 0 unspecified atom stereocenters. The summed E-state index contributed by atoms with van der Waals surface area (Å²) in [6.45, 7) is 62.9. The fourth-order valence-electron chi connectivity index (χ4n) is 12.1. The van der Waals surface area contributed by atoms with Gasteiger partial charge in [0.15, 0.2) is 0 Å². The van der Waals surface area contributed by atoms with Crippen molar-refractivity contribution >= 4 is 0 Å². The van der Waals surface area contributed by atoms with Crippen LogP contribution in [0.3, 0.4) is 0 Å². The predicted octanol–water partition coefficient (Wildman–Crippen LogP) is 4.17. The third kappa shape index (κ3) is 149. The van der Waals surface area contributed by atoms with Crippen LogP contribution in [0.2, 0.25) is 0 Å². The van der Waals surface area contributed by atoms with Crippen molar-refractivity contribution in [2.45, 2.75) is 144 Å². The Hall–Kier alpha value is -1.64. The van der Waals surface area contributed by atoms with Gasteiger partial charge in [-0.05, 0) is 132 Å². The van der Waals surface area contributed by atoms with Crippen molar-refractivity contribution in [2.24, 2.45) is 0 Å². The van der Waals surface area contributed by atoms with Crippen molar-refractivity contribution < 1.29 is 160 Å². The minimum atomic E-state index is 0.0564. The molecule has 9 N–H and O–H groups in total. The highest BCUT2D eigenvalue weighted by molar-refractivity contribution is 4.66. The van der Waals surface area contributed by atoms with E-state index in [0.717, 1.165) is 171 Å². The van der Waals surface area contributed by atoms with Crippen LogP contribution in [0, 0.1) is 0 Å². The van der Waals surface area contributed by atoms with E-state index in [1.807, 2.05) is 28.2 Å². The Labute approximate surface area is 875 Å². The number of hydrogen-bond donors (Lipinski definition) is 9. The first-order chi connectivity index (χ1) is 70.8. The summed E-state index contributed by atoms with van der Waals surface area (Å²) in [6.07, 6.45) is 20.4. The standard InChI is InChI=1S/C16H35NO4.C15H33NO4.C14H31NO3.C11H23NO3.C11H24O5.C10H21NO4.C10H23NO4.C8H17NO3.C8H19NO3/c1-3-5-7-17(8-6-4-2)9-11-19-13-15-21-16-14-20-12-10-18;1-3-4-5-6-7-16(2)8-10-18-12-14-20-15-13-19-11-9-17;1-3-5-7-15(8-6-4-2)9-11-17-13-14-18-12-10-16;13-7-9-15-11-10-14-8-6-12-4-2-1-3-5-12;1-2-4-13-6-8-15-10-11-16-9-7-14-5-3-12;12-4-8-15-10-9-14-7-3-11-1-5-13-6-2-11;1-11(2)3-5-13-7-9-15-10-8-14-6-4-12;10-4-8-12-7-3-9-1-5-11-6-2-9;1-9(2)3-5-11-7-8-12-6-4-10/h18H,3-16H2,1-2H3;17H,3-15H2,1-2H3;16H,3-14H2,1-2H3;13H,1-11H2;12H,2-11H2,1H3;12H,1-10H2;12H,3-10H2,1-2H3;10H,1-8H2;10H,3-8H2,1-2H3. The van der Waals surface area contributed by atoms with E-state index in [-0.39, 0.29) is 59.5 Å². The van der Waals surface area contributed by atoms with Crippen LogP contribution in [0.4, 0.5) is 0 Å².